The smallest absolute Gasteiger partial charge is 0.243 e. The van der Waals surface area contributed by atoms with Crippen molar-refractivity contribution in [2.45, 2.75) is 76.9 Å². The van der Waals surface area contributed by atoms with Crippen molar-refractivity contribution in [2.24, 2.45) is 0 Å². The molecule has 0 spiro atoms. The highest BCUT2D eigenvalue weighted by molar-refractivity contribution is 7.92. The van der Waals surface area contributed by atoms with Gasteiger partial charge in [0.2, 0.25) is 21.8 Å². The number of halogens is 3. The third-order valence-corrected chi connectivity index (χ3v) is 8.67. The highest BCUT2D eigenvalue weighted by Crippen LogP contribution is 2.31. The molecule has 0 heterocycles. The lowest BCUT2D eigenvalue weighted by atomic mass is 9.95. The molecule has 1 unspecified atom stereocenters. The Balaban J connectivity index is 1.77. The summed E-state index contributed by atoms with van der Waals surface area (Å²) in [5.41, 5.74) is 0.928. The number of anilines is 1. The molecule has 0 radical (unpaired) electrons. The summed E-state index contributed by atoms with van der Waals surface area (Å²) in [5, 5.41) is 3.67. The summed E-state index contributed by atoms with van der Waals surface area (Å²) in [7, 11) is -3.71. The molecule has 2 aromatic carbocycles. The van der Waals surface area contributed by atoms with Crippen molar-refractivity contribution in [1.82, 2.24) is 10.2 Å². The number of benzene rings is 2. The van der Waals surface area contributed by atoms with Gasteiger partial charge in [-0.3, -0.25) is 13.9 Å². The first kappa shape index (κ1) is 31.2. The second kappa shape index (κ2) is 14.3. The van der Waals surface area contributed by atoms with Gasteiger partial charge in [0.15, 0.2) is 0 Å². The van der Waals surface area contributed by atoms with Crippen molar-refractivity contribution >= 4 is 50.7 Å². The van der Waals surface area contributed by atoms with Crippen molar-refractivity contribution in [3.05, 3.63) is 63.9 Å². The van der Waals surface area contributed by atoms with Crippen LogP contribution in [0, 0.1) is 5.82 Å². The molecule has 1 fully saturated rings. The molecule has 0 aliphatic heterocycles. The van der Waals surface area contributed by atoms with E-state index in [9.17, 15) is 22.4 Å². The fourth-order valence-corrected chi connectivity index (χ4v) is 6.31. The van der Waals surface area contributed by atoms with Crippen LogP contribution in [0.5, 0.6) is 0 Å². The minimum Gasteiger partial charge on any atom is -0.352 e. The maximum Gasteiger partial charge on any atom is 0.243 e. The second-order valence-electron chi connectivity index (χ2n) is 9.95. The number of sulfonamides is 1. The van der Waals surface area contributed by atoms with E-state index in [0.29, 0.717) is 17.0 Å². The summed E-state index contributed by atoms with van der Waals surface area (Å²) in [4.78, 5) is 28.4. The van der Waals surface area contributed by atoms with Crippen LogP contribution in [0.25, 0.3) is 0 Å². The predicted molar refractivity (Wildman–Crippen MR) is 154 cm³/mol. The molecular weight excluding hydrogens is 564 g/mol. The molecule has 1 aliphatic rings. The van der Waals surface area contributed by atoms with Crippen LogP contribution in [0.4, 0.5) is 10.1 Å². The lowest BCUT2D eigenvalue weighted by Gasteiger charge is -2.33. The van der Waals surface area contributed by atoms with Gasteiger partial charge in [-0.05, 0) is 61.6 Å². The van der Waals surface area contributed by atoms with E-state index in [2.05, 4.69) is 5.32 Å². The van der Waals surface area contributed by atoms with Crippen LogP contribution in [0.1, 0.15) is 63.9 Å². The molecule has 11 heteroatoms. The molecule has 1 saturated carbocycles. The van der Waals surface area contributed by atoms with E-state index >= 15 is 0 Å². The molecule has 39 heavy (non-hydrogen) atoms. The molecule has 3 rings (SSSR count). The van der Waals surface area contributed by atoms with Gasteiger partial charge in [-0.15, -0.1) is 0 Å². The first-order valence-corrected chi connectivity index (χ1v) is 15.9. The van der Waals surface area contributed by atoms with E-state index < -0.39 is 16.1 Å². The van der Waals surface area contributed by atoms with Gasteiger partial charge in [0.05, 0.1) is 17.0 Å². The Labute approximate surface area is 240 Å². The monoisotopic (exact) mass is 599 g/mol. The fourth-order valence-electron chi connectivity index (χ4n) is 4.91. The van der Waals surface area contributed by atoms with Gasteiger partial charge in [-0.25, -0.2) is 12.8 Å². The quantitative estimate of drug-likeness (QED) is 0.327. The van der Waals surface area contributed by atoms with Gasteiger partial charge in [-0.2, -0.15) is 0 Å². The Morgan fingerprint density at radius 3 is 2.36 bits per heavy atom. The third kappa shape index (κ3) is 9.08. The second-order valence-corrected chi connectivity index (χ2v) is 12.7. The lowest BCUT2D eigenvalue weighted by molar-refractivity contribution is -0.141. The number of hydrogen-bond donors (Lipinski definition) is 1. The number of nitrogens with one attached hydrogen (secondary N) is 1. The number of hydrogen-bond acceptors (Lipinski definition) is 4. The van der Waals surface area contributed by atoms with Gasteiger partial charge >= 0.3 is 0 Å². The highest BCUT2D eigenvalue weighted by atomic mass is 35.5. The van der Waals surface area contributed by atoms with Crippen LogP contribution in [-0.4, -0.2) is 50.0 Å². The summed E-state index contributed by atoms with van der Waals surface area (Å²) < 4.78 is 39.7. The van der Waals surface area contributed by atoms with Crippen molar-refractivity contribution in [2.75, 3.05) is 17.1 Å². The van der Waals surface area contributed by atoms with Crippen molar-refractivity contribution in [3.63, 3.8) is 0 Å². The zero-order chi connectivity index (χ0) is 28.6. The van der Waals surface area contributed by atoms with Crippen LogP contribution >= 0.6 is 23.2 Å². The number of nitrogens with zero attached hydrogens (tertiary/aromatic N) is 2. The Morgan fingerprint density at radius 1 is 1.08 bits per heavy atom. The Bertz CT molecular complexity index is 1240. The van der Waals surface area contributed by atoms with Crippen molar-refractivity contribution in [1.29, 1.82) is 0 Å². The van der Waals surface area contributed by atoms with Gasteiger partial charge in [0, 0.05) is 30.6 Å². The molecule has 1 aliphatic carbocycles. The average Bonchev–Trinajstić information content (AvgIpc) is 2.89. The normalized spacial score (nSPS) is 15.0. The Hall–Kier alpha value is -2.36. The number of rotatable bonds is 12. The molecule has 1 N–H and O–H groups in total. The first-order chi connectivity index (χ1) is 18.5. The zero-order valence-electron chi connectivity index (χ0n) is 22.3. The first-order valence-electron chi connectivity index (χ1n) is 13.3. The molecule has 2 aromatic rings. The minimum absolute atomic E-state index is 0.0000853. The SMILES string of the molecule is CCC(C(=O)NC1CCCCC1)N(Cc1ccc(F)cc1)C(=O)CCCN(c1cc(Cl)ccc1Cl)S(C)(=O)=O. The zero-order valence-corrected chi connectivity index (χ0v) is 24.7. The van der Waals surface area contributed by atoms with Crippen LogP contribution in [0.3, 0.4) is 0 Å². The highest BCUT2D eigenvalue weighted by Gasteiger charge is 2.30. The largest absolute Gasteiger partial charge is 0.352 e. The minimum atomic E-state index is -3.71. The fraction of sp³-hybridized carbons (Fsp3) is 0.500. The van der Waals surface area contributed by atoms with Crippen molar-refractivity contribution < 1.29 is 22.4 Å². The number of carbonyl (C=O) groups excluding carboxylic acids is 2. The topological polar surface area (TPSA) is 86.8 Å². The predicted octanol–water partition coefficient (Wildman–Crippen LogP) is 5.94. The molecular formula is C28H36Cl2FN3O4S. The summed E-state index contributed by atoms with van der Waals surface area (Å²) in [6.45, 7) is 1.98. The molecule has 0 saturated heterocycles. The van der Waals surface area contributed by atoms with Crippen LogP contribution in [-0.2, 0) is 26.2 Å². The number of amides is 2. The van der Waals surface area contributed by atoms with Crippen molar-refractivity contribution in [3.8, 4) is 0 Å². The van der Waals surface area contributed by atoms with Crippen LogP contribution in [0.15, 0.2) is 42.5 Å². The molecule has 0 aromatic heterocycles. The van der Waals surface area contributed by atoms with Gasteiger partial charge in [0.25, 0.3) is 0 Å². The van der Waals surface area contributed by atoms with E-state index in [1.807, 2.05) is 6.92 Å². The van der Waals surface area contributed by atoms with Gasteiger partial charge in [-0.1, -0.05) is 61.5 Å². The van der Waals surface area contributed by atoms with E-state index in [-0.39, 0.29) is 60.3 Å². The van der Waals surface area contributed by atoms with E-state index in [4.69, 9.17) is 23.2 Å². The Morgan fingerprint density at radius 2 is 1.74 bits per heavy atom. The number of carbonyl (C=O) groups is 2. The molecule has 0 bridgehead atoms. The maximum absolute atomic E-state index is 13.6. The molecule has 7 nitrogen and oxygen atoms in total. The summed E-state index contributed by atoms with van der Waals surface area (Å²) in [6, 6.07) is 9.75. The van der Waals surface area contributed by atoms with Crippen LogP contribution < -0.4 is 9.62 Å². The molecule has 214 valence electrons. The summed E-state index contributed by atoms with van der Waals surface area (Å²) >= 11 is 12.3. The maximum atomic E-state index is 13.6. The third-order valence-electron chi connectivity index (χ3n) is 6.93. The van der Waals surface area contributed by atoms with E-state index in [1.54, 1.807) is 18.2 Å². The summed E-state index contributed by atoms with van der Waals surface area (Å²) in [5.74, 6) is -0.891. The summed E-state index contributed by atoms with van der Waals surface area (Å²) in [6.07, 6.45) is 6.77. The lowest BCUT2D eigenvalue weighted by Crippen LogP contribution is -2.51. The van der Waals surface area contributed by atoms with Gasteiger partial charge in [0.1, 0.15) is 11.9 Å². The molecule has 1 atom stereocenters. The average molecular weight is 601 g/mol. The standard InChI is InChI=1S/C28H36Cl2FN3O4S/c1-3-25(28(36)32-23-8-5-4-6-9-23)33(19-20-11-14-22(31)15-12-20)27(35)10-7-17-34(39(2,37)38)26-18-21(29)13-16-24(26)30/h11-16,18,23,25H,3-10,17,19H2,1-2H3,(H,32,36). The van der Waals surface area contributed by atoms with Crippen LogP contribution in [0.2, 0.25) is 10.0 Å². The van der Waals surface area contributed by atoms with Gasteiger partial charge < -0.3 is 10.2 Å². The molecule has 2 amide bonds. The Kier molecular flexibility index (Phi) is 11.4. The van der Waals surface area contributed by atoms with E-state index in [0.717, 1.165) is 42.7 Å². The van der Waals surface area contributed by atoms with E-state index in [1.165, 1.54) is 29.2 Å².